The molecule has 2 aliphatic heterocycles. The second kappa shape index (κ2) is 12.6. The number of anilines is 1. The number of aliphatic imine (C=N–C) groups is 1. The molecule has 0 atom stereocenters. The van der Waals surface area contributed by atoms with Crippen molar-refractivity contribution in [1.82, 2.24) is 30.2 Å². The number of imidazole rings is 1. The zero-order valence-corrected chi connectivity index (χ0v) is 22.3. The molecule has 2 aromatic heterocycles. The van der Waals surface area contributed by atoms with Crippen LogP contribution in [0.25, 0.3) is 22.6 Å². The van der Waals surface area contributed by atoms with Crippen molar-refractivity contribution in [2.24, 2.45) is 10.4 Å². The third kappa shape index (κ3) is 6.50. The predicted molar refractivity (Wildman–Crippen MR) is 146 cm³/mol. The number of halogens is 1. The summed E-state index contributed by atoms with van der Waals surface area (Å²) in [4.78, 5) is 36.0. The minimum absolute atomic E-state index is 0.0992. The molecule has 0 radical (unpaired) electrons. The highest BCUT2D eigenvalue weighted by Gasteiger charge is 2.40. The Kier molecular flexibility index (Phi) is 8.75. The Balaban J connectivity index is 1.33. The fourth-order valence-electron chi connectivity index (χ4n) is 4.44. The number of hydrogen-bond acceptors (Lipinski definition) is 10. The normalized spacial score (nSPS) is 21.0. The van der Waals surface area contributed by atoms with Crippen LogP contribution in [0.15, 0.2) is 41.5 Å². The van der Waals surface area contributed by atoms with Crippen LogP contribution in [0, 0.1) is 11.2 Å². The molecule has 1 amide bonds. The van der Waals surface area contributed by atoms with Crippen LogP contribution in [0.5, 0.6) is 0 Å². The monoisotopic (exact) mass is 552 g/mol. The summed E-state index contributed by atoms with van der Waals surface area (Å²) >= 11 is 0. The topological polar surface area (TPSA) is 150 Å². The highest BCUT2D eigenvalue weighted by atomic mass is 19.1. The number of benzene rings is 1. The van der Waals surface area contributed by atoms with Crippen molar-refractivity contribution >= 4 is 18.1 Å². The number of H-pyrrole nitrogens is 1. The number of aliphatic hydroxyl groups excluding tert-OH is 1. The first-order valence-electron chi connectivity index (χ1n) is 13.2. The minimum atomic E-state index is -0.907. The van der Waals surface area contributed by atoms with Gasteiger partial charge in [0, 0.05) is 44.2 Å². The van der Waals surface area contributed by atoms with Crippen molar-refractivity contribution in [2.45, 2.75) is 19.6 Å². The first-order chi connectivity index (χ1) is 19.4. The Morgan fingerprint density at radius 2 is 2.00 bits per heavy atom. The molecule has 0 unspecified atom stereocenters. The Labute approximate surface area is 231 Å². The number of amides is 1. The second-order valence-corrected chi connectivity index (χ2v) is 9.98. The SMILES string of the molecule is CC1(C(=O)NCCO)COC(c2nc(-c3ccc(F)cc3)c(-c3ccnc(NCCCN4CC=NC4)n3)[nH]2)OC1. The summed E-state index contributed by atoms with van der Waals surface area (Å²) in [6, 6.07) is 7.80. The van der Waals surface area contributed by atoms with E-state index in [1.807, 2.05) is 6.21 Å². The van der Waals surface area contributed by atoms with E-state index < -0.39 is 11.7 Å². The van der Waals surface area contributed by atoms with E-state index in [0.29, 0.717) is 41.0 Å². The standard InChI is InChI=1S/C27H33FN8O4/c1-27(25(38)30-11-14-37)15-39-24(40-16-27)23-34-21(18-3-5-19(28)6-4-18)22(35-23)20-7-9-32-26(33-20)31-8-2-12-36-13-10-29-17-36/h3-7,9-10,24,37H,2,8,11-17H2,1H3,(H,30,38)(H,34,35)(H,31,32,33). The lowest BCUT2D eigenvalue weighted by atomic mass is 9.91. The van der Waals surface area contributed by atoms with Crippen molar-refractivity contribution in [1.29, 1.82) is 0 Å². The first-order valence-corrected chi connectivity index (χ1v) is 13.2. The summed E-state index contributed by atoms with van der Waals surface area (Å²) in [6.45, 7) is 5.19. The third-order valence-electron chi connectivity index (χ3n) is 6.71. The van der Waals surface area contributed by atoms with Crippen LogP contribution in [0.4, 0.5) is 10.3 Å². The smallest absolute Gasteiger partial charge is 0.230 e. The maximum absolute atomic E-state index is 13.7. The molecule has 0 aliphatic carbocycles. The van der Waals surface area contributed by atoms with Crippen molar-refractivity contribution in [3.05, 3.63) is 48.2 Å². The lowest BCUT2D eigenvalue weighted by Crippen LogP contribution is -2.49. The van der Waals surface area contributed by atoms with Gasteiger partial charge in [-0.3, -0.25) is 14.7 Å². The van der Waals surface area contributed by atoms with Crippen LogP contribution in [0.2, 0.25) is 0 Å². The van der Waals surface area contributed by atoms with E-state index in [1.54, 1.807) is 31.3 Å². The molecule has 13 heteroatoms. The molecule has 40 heavy (non-hydrogen) atoms. The summed E-state index contributed by atoms with van der Waals surface area (Å²) in [6.07, 6.45) is 3.66. The van der Waals surface area contributed by atoms with Gasteiger partial charge < -0.3 is 30.2 Å². The van der Waals surface area contributed by atoms with Crippen LogP contribution in [0.1, 0.15) is 25.5 Å². The van der Waals surface area contributed by atoms with E-state index in [0.717, 1.165) is 26.2 Å². The molecule has 0 saturated carbocycles. The van der Waals surface area contributed by atoms with Crippen LogP contribution < -0.4 is 10.6 Å². The average molecular weight is 553 g/mol. The van der Waals surface area contributed by atoms with E-state index in [2.05, 4.69) is 35.5 Å². The number of carbonyl (C=O) groups excluding carboxylic acids is 1. The fraction of sp³-hybridized carbons (Fsp3) is 0.444. The number of aliphatic hydroxyl groups is 1. The molecule has 0 spiro atoms. The summed E-state index contributed by atoms with van der Waals surface area (Å²) in [5.41, 5.74) is 1.52. The highest BCUT2D eigenvalue weighted by Crippen LogP contribution is 2.35. The summed E-state index contributed by atoms with van der Waals surface area (Å²) in [5, 5.41) is 14.9. The molecule has 1 saturated heterocycles. The number of rotatable bonds is 11. The number of nitrogens with zero attached hydrogens (tertiary/aromatic N) is 5. The van der Waals surface area contributed by atoms with E-state index in [9.17, 15) is 9.18 Å². The molecular formula is C27H33FN8O4. The number of nitrogens with one attached hydrogen (secondary N) is 3. The van der Waals surface area contributed by atoms with Crippen LogP contribution in [-0.4, -0.2) is 94.7 Å². The number of ether oxygens (including phenoxy) is 2. The number of hydrogen-bond donors (Lipinski definition) is 4. The predicted octanol–water partition coefficient (Wildman–Crippen LogP) is 1.98. The van der Waals surface area contributed by atoms with Gasteiger partial charge in [0.1, 0.15) is 5.82 Å². The molecular weight excluding hydrogens is 519 g/mol. The van der Waals surface area contributed by atoms with Gasteiger partial charge in [0.05, 0.1) is 49.0 Å². The minimum Gasteiger partial charge on any atom is -0.395 e. The Hall–Kier alpha value is -3.78. The molecule has 12 nitrogen and oxygen atoms in total. The van der Waals surface area contributed by atoms with Crippen LogP contribution in [0.3, 0.4) is 0 Å². The summed E-state index contributed by atoms with van der Waals surface area (Å²) in [7, 11) is 0. The lowest BCUT2D eigenvalue weighted by Gasteiger charge is -2.35. The van der Waals surface area contributed by atoms with Gasteiger partial charge in [0.15, 0.2) is 5.82 Å². The highest BCUT2D eigenvalue weighted by molar-refractivity contribution is 5.82. The zero-order valence-electron chi connectivity index (χ0n) is 22.3. The van der Waals surface area contributed by atoms with Crippen molar-refractivity contribution < 1.29 is 23.8 Å². The molecule has 1 fully saturated rings. The Morgan fingerprint density at radius 1 is 1.20 bits per heavy atom. The molecule has 4 N–H and O–H groups in total. The maximum Gasteiger partial charge on any atom is 0.230 e. The largest absolute Gasteiger partial charge is 0.395 e. The van der Waals surface area contributed by atoms with Gasteiger partial charge in [-0.05, 0) is 43.7 Å². The van der Waals surface area contributed by atoms with Crippen molar-refractivity contribution in [2.75, 3.05) is 58.0 Å². The summed E-state index contributed by atoms with van der Waals surface area (Å²) < 4.78 is 25.5. The van der Waals surface area contributed by atoms with E-state index in [4.69, 9.17) is 19.6 Å². The van der Waals surface area contributed by atoms with Gasteiger partial charge in [-0.2, -0.15) is 0 Å². The van der Waals surface area contributed by atoms with Crippen molar-refractivity contribution in [3.63, 3.8) is 0 Å². The van der Waals surface area contributed by atoms with Gasteiger partial charge in [-0.1, -0.05) is 0 Å². The van der Waals surface area contributed by atoms with Gasteiger partial charge >= 0.3 is 0 Å². The molecule has 4 heterocycles. The van der Waals surface area contributed by atoms with E-state index in [-0.39, 0.29) is 38.1 Å². The molecule has 2 aliphatic rings. The third-order valence-corrected chi connectivity index (χ3v) is 6.71. The van der Waals surface area contributed by atoms with Gasteiger partial charge in [-0.25, -0.2) is 19.3 Å². The second-order valence-electron chi connectivity index (χ2n) is 9.98. The Morgan fingerprint density at radius 3 is 2.73 bits per heavy atom. The first kappa shape index (κ1) is 27.8. The summed E-state index contributed by atoms with van der Waals surface area (Å²) in [5.74, 6) is 0.258. The number of carbonyl (C=O) groups is 1. The van der Waals surface area contributed by atoms with Crippen LogP contribution >= 0.6 is 0 Å². The molecule has 3 aromatic rings. The number of aromatic amines is 1. The zero-order chi connectivity index (χ0) is 28.0. The molecule has 5 rings (SSSR count). The lowest BCUT2D eigenvalue weighted by molar-refractivity contribution is -0.231. The molecule has 1 aromatic carbocycles. The van der Waals surface area contributed by atoms with Crippen LogP contribution in [-0.2, 0) is 14.3 Å². The molecule has 0 bridgehead atoms. The van der Waals surface area contributed by atoms with Gasteiger partial charge in [-0.15, -0.1) is 0 Å². The maximum atomic E-state index is 13.7. The van der Waals surface area contributed by atoms with Gasteiger partial charge in [0.2, 0.25) is 18.1 Å². The number of aromatic nitrogens is 4. The molecule has 212 valence electrons. The van der Waals surface area contributed by atoms with Gasteiger partial charge in [0.25, 0.3) is 0 Å². The quantitative estimate of drug-likeness (QED) is 0.262. The Bertz CT molecular complexity index is 1320. The average Bonchev–Trinajstić information content (AvgIpc) is 3.66. The fourth-order valence-corrected chi connectivity index (χ4v) is 4.44. The van der Waals surface area contributed by atoms with E-state index >= 15 is 0 Å². The van der Waals surface area contributed by atoms with Crippen molar-refractivity contribution in [3.8, 4) is 22.6 Å². The van der Waals surface area contributed by atoms with E-state index in [1.165, 1.54) is 12.1 Å².